The lowest BCUT2D eigenvalue weighted by atomic mass is 9.95. The highest BCUT2D eigenvalue weighted by molar-refractivity contribution is 6.26. The first-order chi connectivity index (χ1) is 13.2. The smallest absolute Gasteiger partial charge is 0.161 e. The Labute approximate surface area is 155 Å². The standard InChI is InChI=1S/C23H17NO3/c1-26-21-11-17-16-10-14(25)7-8-15(16)23-19(18(17)12-22(21)27-2)9-13-5-3-4-6-20(13)24-23/h3-12,25H,1-2H3. The number of pyridine rings is 1. The molecule has 5 aromatic rings. The zero-order chi connectivity index (χ0) is 18.5. The van der Waals surface area contributed by atoms with Gasteiger partial charge in [0.15, 0.2) is 11.5 Å². The molecule has 0 bridgehead atoms. The number of hydrogen-bond donors (Lipinski definition) is 1. The molecule has 0 aliphatic heterocycles. The summed E-state index contributed by atoms with van der Waals surface area (Å²) < 4.78 is 11.0. The number of aromatic hydroxyl groups is 1. The molecule has 27 heavy (non-hydrogen) atoms. The van der Waals surface area contributed by atoms with E-state index in [0.717, 1.165) is 43.4 Å². The van der Waals surface area contributed by atoms with Gasteiger partial charge in [0.2, 0.25) is 0 Å². The van der Waals surface area contributed by atoms with Crippen molar-refractivity contribution in [2.45, 2.75) is 0 Å². The third-order valence-electron chi connectivity index (χ3n) is 5.09. The second-order valence-electron chi connectivity index (χ2n) is 6.56. The summed E-state index contributed by atoms with van der Waals surface area (Å²) in [5, 5.41) is 16.1. The first kappa shape index (κ1) is 15.7. The molecule has 4 aromatic carbocycles. The molecule has 0 saturated carbocycles. The van der Waals surface area contributed by atoms with Crippen molar-refractivity contribution in [2.75, 3.05) is 14.2 Å². The number of nitrogens with zero attached hydrogens (tertiary/aromatic N) is 1. The van der Waals surface area contributed by atoms with E-state index in [2.05, 4.69) is 12.1 Å². The van der Waals surface area contributed by atoms with Crippen molar-refractivity contribution in [2.24, 2.45) is 0 Å². The molecular formula is C23H17NO3. The van der Waals surface area contributed by atoms with Crippen LogP contribution in [0.25, 0.3) is 43.4 Å². The monoisotopic (exact) mass is 355 g/mol. The Balaban J connectivity index is 2.09. The maximum absolute atomic E-state index is 10.1. The Morgan fingerprint density at radius 3 is 2.11 bits per heavy atom. The molecule has 0 unspecified atom stereocenters. The quantitative estimate of drug-likeness (QED) is 0.339. The third-order valence-corrected chi connectivity index (χ3v) is 5.09. The number of aromatic nitrogens is 1. The molecule has 1 heterocycles. The average Bonchev–Trinajstić information content (AvgIpc) is 2.71. The number of methoxy groups -OCH3 is 2. The van der Waals surface area contributed by atoms with E-state index in [0.29, 0.717) is 11.5 Å². The third kappa shape index (κ3) is 2.27. The summed E-state index contributed by atoms with van der Waals surface area (Å²) in [4.78, 5) is 4.93. The number of ether oxygens (including phenoxy) is 2. The number of hydrogen-bond acceptors (Lipinski definition) is 4. The molecule has 0 amide bonds. The summed E-state index contributed by atoms with van der Waals surface area (Å²) in [6.07, 6.45) is 0. The molecule has 0 spiro atoms. The van der Waals surface area contributed by atoms with E-state index in [9.17, 15) is 5.11 Å². The van der Waals surface area contributed by atoms with Crippen molar-refractivity contribution in [1.29, 1.82) is 0 Å². The molecule has 0 aliphatic carbocycles. The van der Waals surface area contributed by atoms with E-state index < -0.39 is 0 Å². The van der Waals surface area contributed by atoms with Crippen molar-refractivity contribution in [1.82, 2.24) is 4.98 Å². The first-order valence-corrected chi connectivity index (χ1v) is 8.69. The molecule has 0 atom stereocenters. The van der Waals surface area contributed by atoms with Crippen LogP contribution in [0.15, 0.2) is 60.7 Å². The number of fused-ring (bicyclic) bond motifs is 7. The Morgan fingerprint density at radius 1 is 0.704 bits per heavy atom. The number of rotatable bonds is 2. The fraction of sp³-hybridized carbons (Fsp3) is 0.0870. The van der Waals surface area contributed by atoms with Crippen LogP contribution >= 0.6 is 0 Å². The second kappa shape index (κ2) is 5.74. The first-order valence-electron chi connectivity index (χ1n) is 8.69. The van der Waals surface area contributed by atoms with Gasteiger partial charge in [-0.1, -0.05) is 18.2 Å². The van der Waals surface area contributed by atoms with Crippen molar-refractivity contribution < 1.29 is 14.6 Å². The summed E-state index contributed by atoms with van der Waals surface area (Å²) in [5.41, 5.74) is 1.85. The van der Waals surface area contributed by atoms with Gasteiger partial charge < -0.3 is 14.6 Å². The molecule has 4 nitrogen and oxygen atoms in total. The minimum absolute atomic E-state index is 0.221. The van der Waals surface area contributed by atoms with Crippen LogP contribution in [0.3, 0.4) is 0 Å². The lowest BCUT2D eigenvalue weighted by Gasteiger charge is -2.14. The van der Waals surface area contributed by atoms with Crippen LogP contribution in [0.4, 0.5) is 0 Å². The van der Waals surface area contributed by atoms with Crippen LogP contribution < -0.4 is 9.47 Å². The van der Waals surface area contributed by atoms with Crippen LogP contribution in [-0.2, 0) is 0 Å². The van der Waals surface area contributed by atoms with Crippen molar-refractivity contribution in [3.8, 4) is 17.2 Å². The van der Waals surface area contributed by atoms with Crippen LogP contribution in [0, 0.1) is 0 Å². The van der Waals surface area contributed by atoms with E-state index in [1.807, 2.05) is 36.4 Å². The highest BCUT2D eigenvalue weighted by Gasteiger charge is 2.15. The SMILES string of the molecule is COc1cc2c3cc(O)ccc3c3nc4ccccc4cc3c2cc1OC. The van der Waals surface area contributed by atoms with Crippen molar-refractivity contribution in [3.63, 3.8) is 0 Å². The number of phenols is 1. The topological polar surface area (TPSA) is 51.6 Å². The maximum Gasteiger partial charge on any atom is 0.161 e. The van der Waals surface area contributed by atoms with Crippen molar-refractivity contribution >= 4 is 43.4 Å². The van der Waals surface area contributed by atoms with E-state index in [4.69, 9.17) is 14.5 Å². The molecule has 0 saturated heterocycles. The molecule has 0 aliphatic rings. The Bertz CT molecular complexity index is 1360. The highest BCUT2D eigenvalue weighted by Crippen LogP contribution is 2.41. The summed E-state index contributed by atoms with van der Waals surface area (Å²) in [7, 11) is 3.26. The second-order valence-corrected chi connectivity index (χ2v) is 6.56. The van der Waals surface area contributed by atoms with Crippen LogP contribution in [0.2, 0.25) is 0 Å². The molecule has 1 aromatic heterocycles. The van der Waals surface area contributed by atoms with Gasteiger partial charge in [-0.15, -0.1) is 0 Å². The highest BCUT2D eigenvalue weighted by atomic mass is 16.5. The molecule has 0 radical (unpaired) electrons. The normalized spacial score (nSPS) is 11.5. The summed E-state index contributed by atoms with van der Waals surface area (Å²) >= 11 is 0. The van der Waals surface area contributed by atoms with E-state index in [1.54, 1.807) is 26.4 Å². The average molecular weight is 355 g/mol. The van der Waals surface area contributed by atoms with Gasteiger partial charge >= 0.3 is 0 Å². The molecular weight excluding hydrogens is 338 g/mol. The van der Waals surface area contributed by atoms with Crippen LogP contribution in [0.1, 0.15) is 0 Å². The Hall–Kier alpha value is -3.53. The zero-order valence-corrected chi connectivity index (χ0v) is 15.0. The fourth-order valence-electron chi connectivity index (χ4n) is 3.81. The summed E-state index contributed by atoms with van der Waals surface area (Å²) in [6.45, 7) is 0. The Kier molecular flexibility index (Phi) is 3.34. The van der Waals surface area contributed by atoms with Gasteiger partial charge in [0.1, 0.15) is 5.75 Å². The molecule has 1 N–H and O–H groups in total. The van der Waals surface area contributed by atoms with Gasteiger partial charge in [0.05, 0.1) is 25.3 Å². The lowest BCUT2D eigenvalue weighted by Crippen LogP contribution is -1.93. The van der Waals surface area contributed by atoms with Gasteiger partial charge in [0, 0.05) is 16.2 Å². The fourth-order valence-corrected chi connectivity index (χ4v) is 3.81. The minimum Gasteiger partial charge on any atom is -0.508 e. The summed E-state index contributed by atoms with van der Waals surface area (Å²) in [5.74, 6) is 1.54. The minimum atomic E-state index is 0.221. The van der Waals surface area contributed by atoms with Gasteiger partial charge in [-0.2, -0.15) is 0 Å². The van der Waals surface area contributed by atoms with E-state index in [1.165, 1.54) is 0 Å². The predicted molar refractivity (Wildman–Crippen MR) is 109 cm³/mol. The number of para-hydroxylation sites is 1. The van der Waals surface area contributed by atoms with E-state index >= 15 is 0 Å². The molecule has 0 fully saturated rings. The lowest BCUT2D eigenvalue weighted by molar-refractivity contribution is 0.356. The van der Waals surface area contributed by atoms with E-state index in [-0.39, 0.29) is 5.75 Å². The van der Waals surface area contributed by atoms with Gasteiger partial charge in [0.25, 0.3) is 0 Å². The largest absolute Gasteiger partial charge is 0.508 e. The maximum atomic E-state index is 10.1. The number of benzene rings is 4. The molecule has 4 heteroatoms. The number of phenolic OH excluding ortho intramolecular Hbond substituents is 1. The Morgan fingerprint density at radius 2 is 1.37 bits per heavy atom. The van der Waals surface area contributed by atoms with Crippen LogP contribution in [-0.4, -0.2) is 24.3 Å². The van der Waals surface area contributed by atoms with Gasteiger partial charge in [-0.05, 0) is 58.6 Å². The predicted octanol–water partition coefficient (Wildman–Crippen LogP) is 5.42. The zero-order valence-electron chi connectivity index (χ0n) is 15.0. The molecule has 5 rings (SSSR count). The molecule has 132 valence electrons. The van der Waals surface area contributed by atoms with Crippen LogP contribution in [0.5, 0.6) is 17.2 Å². The van der Waals surface area contributed by atoms with Crippen molar-refractivity contribution in [3.05, 3.63) is 60.7 Å². The van der Waals surface area contributed by atoms with Gasteiger partial charge in [-0.3, -0.25) is 0 Å². The van der Waals surface area contributed by atoms with Gasteiger partial charge in [-0.25, -0.2) is 4.98 Å². The summed E-state index contributed by atoms with van der Waals surface area (Å²) in [6, 6.07) is 19.6.